The number of nitrogens with one attached hydrogen (secondary N) is 2. The molecule has 9 heteroatoms. The summed E-state index contributed by atoms with van der Waals surface area (Å²) in [6, 6.07) is 12.2. The number of nitrogens with zero attached hydrogens (tertiary/aromatic N) is 1. The maximum absolute atomic E-state index is 12.4. The summed E-state index contributed by atoms with van der Waals surface area (Å²) in [5, 5.41) is 0.736. The van der Waals surface area contributed by atoms with Crippen LogP contribution >= 0.6 is 11.8 Å². The Labute approximate surface area is 156 Å². The van der Waals surface area contributed by atoms with Gasteiger partial charge in [-0.05, 0) is 42.1 Å². The summed E-state index contributed by atoms with van der Waals surface area (Å²) in [5.41, 5.74) is 1.57. The molecule has 3 rings (SSSR count). The molecule has 0 saturated heterocycles. The molecule has 2 N–H and O–H groups in total. The monoisotopic (exact) mass is 393 g/mol. The van der Waals surface area contributed by atoms with E-state index in [0.29, 0.717) is 5.56 Å². The van der Waals surface area contributed by atoms with Crippen molar-refractivity contribution < 1.29 is 22.8 Å². The molecule has 0 atom stereocenters. The predicted octanol–water partition coefficient (Wildman–Crippen LogP) is 3.87. The Morgan fingerprint density at radius 1 is 0.963 bits per heavy atom. The molecule has 140 valence electrons. The number of fused-ring (bicyclic) bond motifs is 1. The van der Waals surface area contributed by atoms with Crippen molar-refractivity contribution in [1.29, 1.82) is 0 Å². The molecule has 0 aliphatic carbocycles. The Kier molecular flexibility index (Phi) is 5.13. The van der Waals surface area contributed by atoms with Crippen molar-refractivity contribution in [3.63, 3.8) is 0 Å². The van der Waals surface area contributed by atoms with Crippen molar-refractivity contribution in [1.82, 2.24) is 15.4 Å². The molecule has 27 heavy (non-hydrogen) atoms. The van der Waals surface area contributed by atoms with Gasteiger partial charge in [0.15, 0.2) is 0 Å². The molecule has 3 aromatic rings. The van der Waals surface area contributed by atoms with Crippen LogP contribution in [-0.4, -0.2) is 21.9 Å². The second-order valence-corrected chi connectivity index (χ2v) is 6.79. The first-order valence-electron chi connectivity index (χ1n) is 7.75. The lowest BCUT2D eigenvalue weighted by molar-refractivity contribution is -0.0328. The third-order valence-electron chi connectivity index (χ3n) is 3.78. The molecule has 1 aromatic heterocycles. The fourth-order valence-corrected chi connectivity index (χ4v) is 3.12. The Bertz CT molecular complexity index is 997. The number of benzene rings is 2. The maximum Gasteiger partial charge on any atom is 0.446 e. The molecule has 5 nitrogen and oxygen atoms in total. The van der Waals surface area contributed by atoms with E-state index in [9.17, 15) is 22.8 Å². The first kappa shape index (κ1) is 18.8. The minimum absolute atomic E-state index is 0.0289. The SMILES string of the molecule is Cn1cc(C(=O)NNC(=O)c2ccc(SC(F)(F)F)cc2)c2ccccc21. The highest BCUT2D eigenvalue weighted by Crippen LogP contribution is 2.36. The van der Waals surface area contributed by atoms with Crippen LogP contribution in [0.25, 0.3) is 10.9 Å². The lowest BCUT2D eigenvalue weighted by Gasteiger charge is -2.08. The van der Waals surface area contributed by atoms with E-state index in [0.717, 1.165) is 10.9 Å². The number of carbonyl (C=O) groups is 2. The quantitative estimate of drug-likeness (QED) is 0.525. The molecular formula is C18H14F3N3O2S. The van der Waals surface area contributed by atoms with Crippen LogP contribution in [0.1, 0.15) is 20.7 Å². The number of halogens is 3. The summed E-state index contributed by atoms with van der Waals surface area (Å²) in [4.78, 5) is 24.4. The van der Waals surface area contributed by atoms with Gasteiger partial charge in [-0.1, -0.05) is 18.2 Å². The van der Waals surface area contributed by atoms with E-state index in [1.807, 2.05) is 12.1 Å². The summed E-state index contributed by atoms with van der Waals surface area (Å²) in [6.45, 7) is 0. The molecule has 2 aromatic carbocycles. The number of hydrogen-bond acceptors (Lipinski definition) is 3. The molecule has 0 aliphatic heterocycles. The highest BCUT2D eigenvalue weighted by atomic mass is 32.2. The zero-order valence-electron chi connectivity index (χ0n) is 14.0. The number of para-hydroxylation sites is 1. The number of thioether (sulfide) groups is 1. The van der Waals surface area contributed by atoms with Crippen LogP contribution in [0.4, 0.5) is 13.2 Å². The summed E-state index contributed by atoms with van der Waals surface area (Å²) in [6.07, 6.45) is 1.65. The molecule has 1 heterocycles. The van der Waals surface area contributed by atoms with Crippen molar-refractivity contribution in [2.24, 2.45) is 7.05 Å². The van der Waals surface area contributed by atoms with Gasteiger partial charge in [0, 0.05) is 34.6 Å². The molecule has 0 saturated carbocycles. The zero-order chi connectivity index (χ0) is 19.6. The number of aromatic nitrogens is 1. The van der Waals surface area contributed by atoms with Gasteiger partial charge in [-0.2, -0.15) is 13.2 Å². The van der Waals surface area contributed by atoms with Crippen LogP contribution < -0.4 is 10.9 Å². The van der Waals surface area contributed by atoms with Crippen molar-refractivity contribution in [2.75, 3.05) is 0 Å². The van der Waals surface area contributed by atoms with Crippen molar-refractivity contribution in [3.8, 4) is 0 Å². The van der Waals surface area contributed by atoms with Crippen LogP contribution in [0.5, 0.6) is 0 Å². The number of alkyl halides is 3. The Hall–Kier alpha value is -2.94. The van der Waals surface area contributed by atoms with Gasteiger partial charge in [0.2, 0.25) is 0 Å². The van der Waals surface area contributed by atoms with E-state index < -0.39 is 17.3 Å². The summed E-state index contributed by atoms with van der Waals surface area (Å²) in [5.74, 6) is -1.13. The second-order valence-electron chi connectivity index (χ2n) is 5.65. The first-order chi connectivity index (χ1) is 12.7. The van der Waals surface area contributed by atoms with Gasteiger partial charge in [-0.25, -0.2) is 0 Å². The van der Waals surface area contributed by atoms with E-state index in [1.54, 1.807) is 29.9 Å². The van der Waals surface area contributed by atoms with Gasteiger partial charge in [0.25, 0.3) is 11.8 Å². The average molecular weight is 393 g/mol. The van der Waals surface area contributed by atoms with Crippen molar-refractivity contribution in [2.45, 2.75) is 10.4 Å². The fourth-order valence-electron chi connectivity index (χ4n) is 2.58. The molecule has 2 amide bonds. The minimum atomic E-state index is -4.39. The topological polar surface area (TPSA) is 63.1 Å². The Balaban J connectivity index is 1.65. The number of rotatable bonds is 3. The summed E-state index contributed by atoms with van der Waals surface area (Å²) >= 11 is -0.264. The van der Waals surface area contributed by atoms with Crippen LogP contribution in [-0.2, 0) is 7.05 Å². The smallest absolute Gasteiger partial charge is 0.350 e. The van der Waals surface area contributed by atoms with E-state index in [-0.39, 0.29) is 22.2 Å². The molecule has 0 spiro atoms. The lowest BCUT2D eigenvalue weighted by Crippen LogP contribution is -2.41. The normalized spacial score (nSPS) is 11.4. The molecule has 0 aliphatic rings. The first-order valence-corrected chi connectivity index (χ1v) is 8.57. The number of hydrazine groups is 1. The van der Waals surface area contributed by atoms with E-state index in [2.05, 4.69) is 10.9 Å². The van der Waals surface area contributed by atoms with Gasteiger partial charge in [-0.15, -0.1) is 0 Å². The maximum atomic E-state index is 12.4. The van der Waals surface area contributed by atoms with E-state index in [1.165, 1.54) is 24.3 Å². The largest absolute Gasteiger partial charge is 0.446 e. The van der Waals surface area contributed by atoms with Gasteiger partial charge in [0.1, 0.15) is 0 Å². The lowest BCUT2D eigenvalue weighted by atomic mass is 10.2. The number of hydrogen-bond donors (Lipinski definition) is 2. The molecular weight excluding hydrogens is 379 g/mol. The standard InChI is InChI=1S/C18H14F3N3O2S/c1-24-10-14(13-4-2-3-5-15(13)24)17(26)23-22-16(25)11-6-8-12(9-7-11)27-18(19,20)21/h2-10H,1H3,(H,22,25)(H,23,26). The second kappa shape index (κ2) is 7.36. The fraction of sp³-hybridized carbons (Fsp3) is 0.111. The molecule has 0 bridgehead atoms. The zero-order valence-corrected chi connectivity index (χ0v) is 14.8. The van der Waals surface area contributed by atoms with Crippen molar-refractivity contribution in [3.05, 3.63) is 65.9 Å². The van der Waals surface area contributed by atoms with E-state index >= 15 is 0 Å². The summed E-state index contributed by atoms with van der Waals surface area (Å²) < 4.78 is 38.8. The van der Waals surface area contributed by atoms with Gasteiger partial charge in [-0.3, -0.25) is 20.4 Å². The minimum Gasteiger partial charge on any atom is -0.350 e. The van der Waals surface area contributed by atoms with Gasteiger partial charge < -0.3 is 4.57 Å². The number of amides is 2. The third-order valence-corrected chi connectivity index (χ3v) is 4.52. The van der Waals surface area contributed by atoms with Gasteiger partial charge >= 0.3 is 5.51 Å². The van der Waals surface area contributed by atoms with Crippen molar-refractivity contribution >= 4 is 34.5 Å². The van der Waals surface area contributed by atoms with E-state index in [4.69, 9.17) is 0 Å². The molecule has 0 radical (unpaired) electrons. The summed E-state index contributed by atoms with van der Waals surface area (Å²) in [7, 11) is 1.80. The van der Waals surface area contributed by atoms with Gasteiger partial charge in [0.05, 0.1) is 5.56 Å². The average Bonchev–Trinajstić information content (AvgIpc) is 2.96. The Morgan fingerprint density at radius 2 is 1.59 bits per heavy atom. The van der Waals surface area contributed by atoms with Crippen LogP contribution in [0, 0.1) is 0 Å². The number of carbonyl (C=O) groups excluding carboxylic acids is 2. The molecule has 0 fully saturated rings. The number of aryl methyl sites for hydroxylation is 1. The highest BCUT2D eigenvalue weighted by molar-refractivity contribution is 8.00. The third kappa shape index (κ3) is 4.43. The van der Waals surface area contributed by atoms with Crippen LogP contribution in [0.2, 0.25) is 0 Å². The predicted molar refractivity (Wildman–Crippen MR) is 96.2 cm³/mol. The Morgan fingerprint density at radius 3 is 2.26 bits per heavy atom. The van der Waals surface area contributed by atoms with Crippen LogP contribution in [0.3, 0.4) is 0 Å². The highest BCUT2D eigenvalue weighted by Gasteiger charge is 2.29. The molecule has 0 unspecified atom stereocenters. The van der Waals surface area contributed by atoms with Crippen LogP contribution in [0.15, 0.2) is 59.6 Å².